The molecule has 114 valence electrons. The van der Waals surface area contributed by atoms with Crippen molar-refractivity contribution in [3.8, 4) is 0 Å². The van der Waals surface area contributed by atoms with Crippen LogP contribution in [0.5, 0.6) is 0 Å². The highest BCUT2D eigenvalue weighted by Crippen LogP contribution is 2.37. The van der Waals surface area contributed by atoms with Gasteiger partial charge in [0.15, 0.2) is 0 Å². The standard InChI is InChI=1S/C17H24N2O2/c1-11-7-14(8-15(16(11)18)17(20)21-2)19(9-12-3-4-12)10-13-5-6-13/h7-8,12-13H,3-6,9-10,18H2,1-2H3. The van der Waals surface area contributed by atoms with Crippen LogP contribution in [-0.2, 0) is 4.74 Å². The van der Waals surface area contributed by atoms with Crippen molar-refractivity contribution < 1.29 is 9.53 Å². The molecule has 0 radical (unpaired) electrons. The number of carbonyl (C=O) groups excluding carboxylic acids is 1. The van der Waals surface area contributed by atoms with Crippen LogP contribution in [0.1, 0.15) is 41.6 Å². The fourth-order valence-electron chi connectivity index (χ4n) is 2.75. The van der Waals surface area contributed by atoms with E-state index in [9.17, 15) is 4.79 Å². The van der Waals surface area contributed by atoms with E-state index in [0.29, 0.717) is 11.3 Å². The number of nitrogen functional groups attached to an aromatic ring is 1. The van der Waals surface area contributed by atoms with Gasteiger partial charge in [0.2, 0.25) is 0 Å². The van der Waals surface area contributed by atoms with Crippen LogP contribution in [0.4, 0.5) is 11.4 Å². The van der Waals surface area contributed by atoms with Gasteiger partial charge in [-0.3, -0.25) is 0 Å². The first-order valence-corrected chi connectivity index (χ1v) is 7.82. The number of ether oxygens (including phenoxy) is 1. The molecule has 0 amide bonds. The molecule has 2 fully saturated rings. The predicted octanol–water partition coefficient (Wildman–Crippen LogP) is 2.99. The number of hydrogen-bond acceptors (Lipinski definition) is 4. The van der Waals surface area contributed by atoms with E-state index in [4.69, 9.17) is 10.5 Å². The SMILES string of the molecule is COC(=O)c1cc(N(CC2CC2)CC2CC2)cc(C)c1N. The van der Waals surface area contributed by atoms with Crippen LogP contribution in [0.25, 0.3) is 0 Å². The van der Waals surface area contributed by atoms with Gasteiger partial charge in [-0.15, -0.1) is 0 Å². The van der Waals surface area contributed by atoms with E-state index in [1.807, 2.05) is 13.0 Å². The highest BCUT2D eigenvalue weighted by molar-refractivity contribution is 5.97. The van der Waals surface area contributed by atoms with Crippen LogP contribution in [0.2, 0.25) is 0 Å². The quantitative estimate of drug-likeness (QED) is 0.646. The second kappa shape index (κ2) is 5.58. The summed E-state index contributed by atoms with van der Waals surface area (Å²) in [6.07, 6.45) is 5.33. The number of rotatable bonds is 6. The molecule has 0 spiro atoms. The van der Waals surface area contributed by atoms with Crippen LogP contribution in [0.3, 0.4) is 0 Å². The second-order valence-corrected chi connectivity index (χ2v) is 6.51. The summed E-state index contributed by atoms with van der Waals surface area (Å²) in [6, 6.07) is 4.01. The lowest BCUT2D eigenvalue weighted by molar-refractivity contribution is 0.0602. The summed E-state index contributed by atoms with van der Waals surface area (Å²) in [5.74, 6) is 1.29. The maximum Gasteiger partial charge on any atom is 0.340 e. The lowest BCUT2D eigenvalue weighted by Crippen LogP contribution is -2.28. The van der Waals surface area contributed by atoms with Gasteiger partial charge < -0.3 is 15.4 Å². The summed E-state index contributed by atoms with van der Waals surface area (Å²) in [6.45, 7) is 4.15. The highest BCUT2D eigenvalue weighted by Gasteiger charge is 2.30. The summed E-state index contributed by atoms with van der Waals surface area (Å²) in [5.41, 5.74) is 9.12. The van der Waals surface area contributed by atoms with Crippen LogP contribution in [0, 0.1) is 18.8 Å². The molecule has 1 aromatic carbocycles. The zero-order valence-corrected chi connectivity index (χ0v) is 12.9. The number of esters is 1. The first-order valence-electron chi connectivity index (χ1n) is 7.82. The van der Waals surface area contributed by atoms with Crippen molar-refractivity contribution in [2.45, 2.75) is 32.6 Å². The number of benzene rings is 1. The van der Waals surface area contributed by atoms with Crippen molar-refractivity contribution in [2.24, 2.45) is 11.8 Å². The Bertz CT molecular complexity index is 534. The third kappa shape index (κ3) is 3.31. The number of aryl methyl sites for hydroxylation is 1. The minimum absolute atomic E-state index is 0.352. The summed E-state index contributed by atoms with van der Waals surface area (Å²) in [4.78, 5) is 14.3. The molecule has 2 N–H and O–H groups in total. The molecule has 0 aliphatic heterocycles. The van der Waals surface area contributed by atoms with Gasteiger partial charge in [-0.1, -0.05) is 0 Å². The minimum atomic E-state index is -0.352. The van der Waals surface area contributed by atoms with E-state index < -0.39 is 0 Å². The average molecular weight is 288 g/mol. The number of hydrogen-bond donors (Lipinski definition) is 1. The zero-order chi connectivity index (χ0) is 15.0. The van der Waals surface area contributed by atoms with E-state index in [0.717, 1.165) is 36.2 Å². The van der Waals surface area contributed by atoms with Gasteiger partial charge in [-0.05, 0) is 62.1 Å². The summed E-state index contributed by atoms with van der Waals surface area (Å²) >= 11 is 0. The molecular formula is C17H24N2O2. The number of nitrogens with two attached hydrogens (primary N) is 1. The van der Waals surface area contributed by atoms with Gasteiger partial charge in [0, 0.05) is 24.5 Å². The molecule has 0 unspecified atom stereocenters. The molecule has 0 heterocycles. The lowest BCUT2D eigenvalue weighted by Gasteiger charge is -2.26. The second-order valence-electron chi connectivity index (χ2n) is 6.51. The Morgan fingerprint density at radius 2 is 1.81 bits per heavy atom. The largest absolute Gasteiger partial charge is 0.465 e. The zero-order valence-electron chi connectivity index (χ0n) is 12.9. The molecule has 3 rings (SSSR count). The van der Waals surface area contributed by atoms with E-state index in [1.165, 1.54) is 32.8 Å². The van der Waals surface area contributed by atoms with Gasteiger partial charge in [0.1, 0.15) is 0 Å². The third-order valence-corrected chi connectivity index (χ3v) is 4.49. The molecule has 0 bridgehead atoms. The fraction of sp³-hybridized carbons (Fsp3) is 0.588. The molecule has 0 aromatic heterocycles. The Morgan fingerprint density at radius 1 is 1.24 bits per heavy atom. The van der Waals surface area contributed by atoms with Crippen molar-refractivity contribution in [1.29, 1.82) is 0 Å². The minimum Gasteiger partial charge on any atom is -0.465 e. The molecule has 1 aromatic rings. The van der Waals surface area contributed by atoms with Crippen LogP contribution >= 0.6 is 0 Å². The van der Waals surface area contributed by atoms with Crippen molar-refractivity contribution in [1.82, 2.24) is 0 Å². The number of methoxy groups -OCH3 is 1. The first kappa shape index (κ1) is 14.2. The topological polar surface area (TPSA) is 55.6 Å². The Balaban J connectivity index is 1.89. The van der Waals surface area contributed by atoms with E-state index in [1.54, 1.807) is 0 Å². The van der Waals surface area contributed by atoms with Crippen molar-refractivity contribution in [3.05, 3.63) is 23.3 Å². The molecule has 21 heavy (non-hydrogen) atoms. The van der Waals surface area contributed by atoms with Crippen LogP contribution < -0.4 is 10.6 Å². The maximum absolute atomic E-state index is 11.9. The monoisotopic (exact) mass is 288 g/mol. The normalized spacial score (nSPS) is 17.6. The molecule has 4 nitrogen and oxygen atoms in total. The van der Waals surface area contributed by atoms with Gasteiger partial charge in [-0.25, -0.2) is 4.79 Å². The summed E-state index contributed by atoms with van der Waals surface area (Å²) in [5, 5.41) is 0. The molecule has 4 heteroatoms. The van der Waals surface area contributed by atoms with Crippen molar-refractivity contribution >= 4 is 17.3 Å². The number of carbonyl (C=O) groups is 1. The highest BCUT2D eigenvalue weighted by atomic mass is 16.5. The predicted molar refractivity (Wildman–Crippen MR) is 84.6 cm³/mol. The summed E-state index contributed by atoms with van der Waals surface area (Å²) in [7, 11) is 1.40. The molecule has 2 saturated carbocycles. The lowest BCUT2D eigenvalue weighted by atomic mass is 10.1. The Kier molecular flexibility index (Phi) is 3.79. The van der Waals surface area contributed by atoms with E-state index in [-0.39, 0.29) is 5.97 Å². The van der Waals surface area contributed by atoms with Crippen LogP contribution in [0.15, 0.2) is 12.1 Å². The Hall–Kier alpha value is -1.71. The van der Waals surface area contributed by atoms with Crippen molar-refractivity contribution in [3.63, 3.8) is 0 Å². The van der Waals surface area contributed by atoms with E-state index >= 15 is 0 Å². The third-order valence-electron chi connectivity index (χ3n) is 4.49. The maximum atomic E-state index is 11.9. The van der Waals surface area contributed by atoms with Gasteiger partial charge >= 0.3 is 5.97 Å². The average Bonchev–Trinajstić information content (AvgIpc) is 3.35. The Labute approximate surface area is 126 Å². The van der Waals surface area contributed by atoms with Gasteiger partial charge in [-0.2, -0.15) is 0 Å². The first-order chi connectivity index (χ1) is 10.1. The van der Waals surface area contributed by atoms with Crippen LogP contribution in [-0.4, -0.2) is 26.2 Å². The van der Waals surface area contributed by atoms with Gasteiger partial charge in [0.25, 0.3) is 0 Å². The number of anilines is 2. The molecular weight excluding hydrogens is 264 g/mol. The smallest absolute Gasteiger partial charge is 0.340 e. The molecule has 2 aliphatic rings. The Morgan fingerprint density at radius 3 is 2.29 bits per heavy atom. The van der Waals surface area contributed by atoms with E-state index in [2.05, 4.69) is 11.0 Å². The molecule has 0 saturated heterocycles. The number of nitrogens with zero attached hydrogens (tertiary/aromatic N) is 1. The fourth-order valence-corrected chi connectivity index (χ4v) is 2.75. The van der Waals surface area contributed by atoms with Crippen molar-refractivity contribution in [2.75, 3.05) is 30.8 Å². The van der Waals surface area contributed by atoms with Gasteiger partial charge in [0.05, 0.1) is 12.7 Å². The molecule has 0 atom stereocenters. The summed E-state index contributed by atoms with van der Waals surface area (Å²) < 4.78 is 4.86. The molecule has 2 aliphatic carbocycles.